The Morgan fingerprint density at radius 1 is 1.25 bits per heavy atom. The number of nitrogens with zero attached hydrogens (tertiary/aromatic N) is 2. The van der Waals surface area contributed by atoms with Gasteiger partial charge in [0.1, 0.15) is 0 Å². The standard InChI is InChI=1S/C22H36N4O2/c1-4-23-22(24-12-8-14-28-17-18(2)3)25-15-19-9-5-6-10-20(19)16-26-13-7-11-21(26)27/h5-6,9-10,18H,4,7-8,11-17H2,1-3H3,(H2,23,24,25). The molecule has 2 rings (SSSR count). The fraction of sp³-hybridized carbons (Fsp3) is 0.636. The predicted molar refractivity (Wildman–Crippen MR) is 114 cm³/mol. The number of nitrogens with one attached hydrogen (secondary N) is 2. The zero-order chi connectivity index (χ0) is 20.2. The molecule has 2 N–H and O–H groups in total. The zero-order valence-corrected chi connectivity index (χ0v) is 17.7. The SMILES string of the molecule is CCNC(=NCc1ccccc1CN1CCCC1=O)NCCCOCC(C)C. The van der Waals surface area contributed by atoms with Gasteiger partial charge in [-0.3, -0.25) is 4.79 Å². The first kappa shape index (κ1) is 22.2. The number of benzene rings is 1. The first-order chi connectivity index (χ1) is 13.6. The van der Waals surface area contributed by atoms with Crippen molar-refractivity contribution in [3.05, 3.63) is 35.4 Å². The van der Waals surface area contributed by atoms with Crippen LogP contribution in [-0.2, 0) is 22.6 Å². The number of aliphatic imine (C=N–C) groups is 1. The summed E-state index contributed by atoms with van der Waals surface area (Å²) in [6.45, 7) is 11.7. The van der Waals surface area contributed by atoms with Crippen LogP contribution >= 0.6 is 0 Å². The highest BCUT2D eigenvalue weighted by Crippen LogP contribution is 2.17. The Labute approximate surface area is 169 Å². The summed E-state index contributed by atoms with van der Waals surface area (Å²) < 4.78 is 5.62. The number of rotatable bonds is 11. The Balaban J connectivity index is 1.86. The highest BCUT2D eigenvalue weighted by molar-refractivity contribution is 5.79. The number of hydrogen-bond acceptors (Lipinski definition) is 3. The molecule has 6 heteroatoms. The molecular formula is C22H36N4O2. The first-order valence-corrected chi connectivity index (χ1v) is 10.5. The number of amides is 1. The van der Waals surface area contributed by atoms with Crippen LogP contribution in [0.3, 0.4) is 0 Å². The molecule has 0 spiro atoms. The summed E-state index contributed by atoms with van der Waals surface area (Å²) in [5.41, 5.74) is 2.35. The molecule has 1 aromatic carbocycles. The fourth-order valence-corrected chi connectivity index (χ4v) is 3.15. The summed E-state index contributed by atoms with van der Waals surface area (Å²) >= 11 is 0. The lowest BCUT2D eigenvalue weighted by Crippen LogP contribution is -2.38. The lowest BCUT2D eigenvalue weighted by atomic mass is 10.1. The Kier molecular flexibility index (Phi) is 9.83. The van der Waals surface area contributed by atoms with Crippen LogP contribution in [0.4, 0.5) is 0 Å². The van der Waals surface area contributed by atoms with E-state index in [-0.39, 0.29) is 5.91 Å². The van der Waals surface area contributed by atoms with E-state index < -0.39 is 0 Å². The van der Waals surface area contributed by atoms with Gasteiger partial charge in [-0.1, -0.05) is 38.1 Å². The largest absolute Gasteiger partial charge is 0.381 e. The summed E-state index contributed by atoms with van der Waals surface area (Å²) in [5, 5.41) is 6.67. The number of carbonyl (C=O) groups is 1. The third-order valence-corrected chi connectivity index (χ3v) is 4.61. The summed E-state index contributed by atoms with van der Waals surface area (Å²) in [6, 6.07) is 8.27. The highest BCUT2D eigenvalue weighted by atomic mass is 16.5. The molecule has 1 fully saturated rings. The second kappa shape index (κ2) is 12.4. The van der Waals surface area contributed by atoms with E-state index >= 15 is 0 Å². The topological polar surface area (TPSA) is 66.0 Å². The maximum absolute atomic E-state index is 11.9. The van der Waals surface area contributed by atoms with Gasteiger partial charge in [0.2, 0.25) is 5.91 Å². The van der Waals surface area contributed by atoms with Crippen LogP contribution in [0.25, 0.3) is 0 Å². The van der Waals surface area contributed by atoms with Crippen LogP contribution in [0.1, 0.15) is 51.2 Å². The molecule has 1 heterocycles. The van der Waals surface area contributed by atoms with E-state index in [1.165, 1.54) is 11.1 Å². The van der Waals surface area contributed by atoms with Gasteiger partial charge >= 0.3 is 0 Å². The summed E-state index contributed by atoms with van der Waals surface area (Å²) in [4.78, 5) is 18.6. The van der Waals surface area contributed by atoms with Gasteiger partial charge in [-0.2, -0.15) is 0 Å². The zero-order valence-electron chi connectivity index (χ0n) is 17.7. The van der Waals surface area contributed by atoms with Gasteiger partial charge in [-0.15, -0.1) is 0 Å². The predicted octanol–water partition coefficient (Wildman–Crippen LogP) is 2.93. The minimum absolute atomic E-state index is 0.257. The van der Waals surface area contributed by atoms with Crippen molar-refractivity contribution in [3.8, 4) is 0 Å². The molecule has 1 saturated heterocycles. The van der Waals surface area contributed by atoms with Crippen LogP contribution in [0, 0.1) is 5.92 Å². The Morgan fingerprint density at radius 2 is 2.04 bits per heavy atom. The van der Waals surface area contributed by atoms with Gasteiger partial charge in [0.05, 0.1) is 6.54 Å². The molecule has 0 radical (unpaired) electrons. The monoisotopic (exact) mass is 388 g/mol. The van der Waals surface area contributed by atoms with E-state index in [0.717, 1.165) is 51.6 Å². The van der Waals surface area contributed by atoms with E-state index in [1.54, 1.807) is 0 Å². The van der Waals surface area contributed by atoms with Crippen molar-refractivity contribution in [2.75, 3.05) is 32.8 Å². The maximum Gasteiger partial charge on any atom is 0.222 e. The molecule has 1 aromatic rings. The minimum atomic E-state index is 0.257. The van der Waals surface area contributed by atoms with Crippen LogP contribution in [0.2, 0.25) is 0 Å². The lowest BCUT2D eigenvalue weighted by molar-refractivity contribution is -0.128. The average Bonchev–Trinajstić information content (AvgIpc) is 3.08. The maximum atomic E-state index is 11.9. The van der Waals surface area contributed by atoms with Crippen molar-refractivity contribution in [1.29, 1.82) is 0 Å². The molecule has 6 nitrogen and oxygen atoms in total. The molecule has 0 bridgehead atoms. The first-order valence-electron chi connectivity index (χ1n) is 10.5. The summed E-state index contributed by atoms with van der Waals surface area (Å²) in [7, 11) is 0. The molecule has 0 atom stereocenters. The van der Waals surface area contributed by atoms with Crippen molar-refractivity contribution in [2.45, 2.75) is 53.1 Å². The number of guanidine groups is 1. The van der Waals surface area contributed by atoms with Crippen molar-refractivity contribution in [1.82, 2.24) is 15.5 Å². The third-order valence-electron chi connectivity index (χ3n) is 4.61. The fourth-order valence-electron chi connectivity index (χ4n) is 3.15. The smallest absolute Gasteiger partial charge is 0.222 e. The van der Waals surface area contributed by atoms with Gasteiger partial charge in [0, 0.05) is 45.8 Å². The highest BCUT2D eigenvalue weighted by Gasteiger charge is 2.20. The normalized spacial score (nSPS) is 14.8. The molecule has 1 amide bonds. The van der Waals surface area contributed by atoms with Crippen LogP contribution in [0.5, 0.6) is 0 Å². The van der Waals surface area contributed by atoms with Crippen molar-refractivity contribution < 1.29 is 9.53 Å². The molecule has 156 valence electrons. The minimum Gasteiger partial charge on any atom is -0.381 e. The van der Waals surface area contributed by atoms with E-state index in [1.807, 2.05) is 17.0 Å². The Bertz CT molecular complexity index is 631. The number of hydrogen-bond donors (Lipinski definition) is 2. The molecule has 28 heavy (non-hydrogen) atoms. The number of likely N-dealkylation sites (tertiary alicyclic amines) is 1. The average molecular weight is 389 g/mol. The number of carbonyl (C=O) groups excluding carboxylic acids is 1. The van der Waals surface area contributed by atoms with Crippen LogP contribution in [0.15, 0.2) is 29.3 Å². The summed E-state index contributed by atoms with van der Waals surface area (Å²) in [5.74, 6) is 1.65. The van der Waals surface area contributed by atoms with Crippen LogP contribution < -0.4 is 10.6 Å². The van der Waals surface area contributed by atoms with E-state index in [9.17, 15) is 4.79 Å². The Hall–Kier alpha value is -2.08. The van der Waals surface area contributed by atoms with Gasteiger partial charge in [-0.25, -0.2) is 4.99 Å². The molecule has 0 unspecified atom stereocenters. The van der Waals surface area contributed by atoms with Crippen molar-refractivity contribution >= 4 is 11.9 Å². The molecule has 1 aliphatic heterocycles. The molecule has 0 aliphatic carbocycles. The van der Waals surface area contributed by atoms with Gasteiger partial charge in [0.25, 0.3) is 0 Å². The quantitative estimate of drug-likeness (QED) is 0.347. The molecular weight excluding hydrogens is 352 g/mol. The lowest BCUT2D eigenvalue weighted by Gasteiger charge is -2.18. The van der Waals surface area contributed by atoms with Crippen molar-refractivity contribution in [3.63, 3.8) is 0 Å². The molecule has 0 saturated carbocycles. The van der Waals surface area contributed by atoms with E-state index in [0.29, 0.717) is 25.4 Å². The summed E-state index contributed by atoms with van der Waals surface area (Å²) in [6.07, 6.45) is 2.59. The van der Waals surface area contributed by atoms with Gasteiger partial charge < -0.3 is 20.3 Å². The second-order valence-electron chi connectivity index (χ2n) is 7.63. The van der Waals surface area contributed by atoms with Crippen molar-refractivity contribution in [2.24, 2.45) is 10.9 Å². The van der Waals surface area contributed by atoms with Gasteiger partial charge in [-0.05, 0) is 36.8 Å². The van der Waals surface area contributed by atoms with Crippen LogP contribution in [-0.4, -0.2) is 49.6 Å². The van der Waals surface area contributed by atoms with E-state index in [2.05, 4.69) is 43.5 Å². The third kappa shape index (κ3) is 7.89. The molecule has 1 aliphatic rings. The second-order valence-corrected chi connectivity index (χ2v) is 7.63. The number of ether oxygens (including phenoxy) is 1. The molecule has 0 aromatic heterocycles. The van der Waals surface area contributed by atoms with E-state index in [4.69, 9.17) is 9.73 Å². The Morgan fingerprint density at radius 3 is 2.71 bits per heavy atom. The van der Waals surface area contributed by atoms with Gasteiger partial charge in [0.15, 0.2) is 5.96 Å².